The highest BCUT2D eigenvalue weighted by molar-refractivity contribution is 6.31. The molecule has 0 radical (unpaired) electrons. The predicted octanol–water partition coefficient (Wildman–Crippen LogP) is 13.1. The van der Waals surface area contributed by atoms with E-state index >= 15 is 0 Å². The Hall–Kier alpha value is -6.12. The van der Waals surface area contributed by atoms with Crippen molar-refractivity contribution in [3.8, 4) is 44.9 Å². The van der Waals surface area contributed by atoms with Crippen LogP contribution in [0.15, 0.2) is 160 Å². The fraction of sp³-hybridized carbons (Fsp3) is 0.0222. The molecular weight excluding hydrogens is 572 g/mol. The second-order valence-corrected chi connectivity index (χ2v) is 12.5. The van der Waals surface area contributed by atoms with Gasteiger partial charge in [0.25, 0.3) is 0 Å². The first-order valence-corrected chi connectivity index (χ1v) is 16.1. The van der Waals surface area contributed by atoms with Crippen LogP contribution in [0.5, 0.6) is 0 Å². The van der Waals surface area contributed by atoms with Crippen molar-refractivity contribution in [1.29, 1.82) is 0 Å². The van der Waals surface area contributed by atoms with E-state index < -0.39 is 0 Å². The topological polar surface area (TPSA) is 26.3 Å². The van der Waals surface area contributed by atoms with Gasteiger partial charge in [0.15, 0.2) is 0 Å². The molecule has 10 rings (SSSR count). The summed E-state index contributed by atoms with van der Waals surface area (Å²) in [6.45, 7) is 2.14. The van der Waals surface area contributed by atoms with E-state index in [9.17, 15) is 0 Å². The summed E-state index contributed by atoms with van der Waals surface area (Å²) in [6, 6.07) is 54.2. The van der Waals surface area contributed by atoms with Crippen molar-refractivity contribution in [1.82, 2.24) is 0 Å². The molecule has 0 amide bonds. The summed E-state index contributed by atoms with van der Waals surface area (Å²) in [5.41, 5.74) is 9.96. The van der Waals surface area contributed by atoms with Crippen LogP contribution in [0.2, 0.25) is 0 Å². The number of rotatable bonds is 4. The standard InChI is InChI=1S/C45H28O2/c1-27-15-17-29(18-16-27)37-26-39(43-24-31-12-6-8-14-41(31)47-43)35-21-19-32-36(28-9-3-2-4-10-28)25-38(34-22-20-33(37)45(35)44(32)34)42-23-30-11-5-7-13-40(30)46-42/h2-26H,1H3. The number of furan rings is 2. The Morgan fingerprint density at radius 1 is 0.362 bits per heavy atom. The van der Waals surface area contributed by atoms with Crippen LogP contribution < -0.4 is 0 Å². The smallest absolute Gasteiger partial charge is 0.136 e. The van der Waals surface area contributed by atoms with E-state index in [1.54, 1.807) is 0 Å². The second kappa shape index (κ2) is 9.94. The van der Waals surface area contributed by atoms with E-state index in [4.69, 9.17) is 8.83 Å². The zero-order chi connectivity index (χ0) is 31.1. The maximum Gasteiger partial charge on any atom is 0.136 e. The molecule has 2 nitrogen and oxygen atoms in total. The number of para-hydroxylation sites is 2. The molecule has 0 bridgehead atoms. The van der Waals surface area contributed by atoms with E-state index in [-0.39, 0.29) is 0 Å². The lowest BCUT2D eigenvalue weighted by Crippen LogP contribution is -1.93. The van der Waals surface area contributed by atoms with Crippen molar-refractivity contribution < 1.29 is 8.83 Å². The molecule has 0 fully saturated rings. The zero-order valence-corrected chi connectivity index (χ0v) is 25.8. The van der Waals surface area contributed by atoms with E-state index in [2.05, 4.69) is 134 Å². The highest BCUT2D eigenvalue weighted by Crippen LogP contribution is 2.49. The van der Waals surface area contributed by atoms with Gasteiger partial charge in [0.2, 0.25) is 0 Å². The fourth-order valence-electron chi connectivity index (χ4n) is 7.46. The molecule has 0 saturated carbocycles. The molecule has 10 aromatic rings. The molecule has 0 spiro atoms. The van der Waals surface area contributed by atoms with E-state index in [1.165, 1.54) is 60.1 Å². The summed E-state index contributed by atoms with van der Waals surface area (Å²) in [6.07, 6.45) is 0. The third-order valence-electron chi connectivity index (χ3n) is 9.73. The van der Waals surface area contributed by atoms with Gasteiger partial charge in [0.05, 0.1) is 0 Å². The summed E-state index contributed by atoms with van der Waals surface area (Å²) in [7, 11) is 0. The van der Waals surface area contributed by atoms with Crippen molar-refractivity contribution in [2.24, 2.45) is 0 Å². The molecule has 0 atom stereocenters. The Kier molecular flexibility index (Phi) is 5.53. The van der Waals surface area contributed by atoms with Crippen LogP contribution in [0, 0.1) is 6.92 Å². The van der Waals surface area contributed by atoms with E-state index in [0.29, 0.717) is 0 Å². The molecule has 8 aromatic carbocycles. The Bertz CT molecular complexity index is 2710. The van der Waals surface area contributed by atoms with E-state index in [1.807, 2.05) is 24.3 Å². The molecule has 0 saturated heterocycles. The lowest BCUT2D eigenvalue weighted by atomic mass is 9.83. The molecular formula is C45H28O2. The lowest BCUT2D eigenvalue weighted by Gasteiger charge is -2.20. The van der Waals surface area contributed by atoms with Crippen LogP contribution in [0.4, 0.5) is 0 Å². The zero-order valence-electron chi connectivity index (χ0n) is 25.8. The number of benzene rings is 8. The largest absolute Gasteiger partial charge is 0.456 e. The maximum absolute atomic E-state index is 6.56. The van der Waals surface area contributed by atoms with Gasteiger partial charge >= 0.3 is 0 Å². The highest BCUT2D eigenvalue weighted by Gasteiger charge is 2.23. The lowest BCUT2D eigenvalue weighted by molar-refractivity contribution is 0.632. The Labute approximate surface area is 271 Å². The second-order valence-electron chi connectivity index (χ2n) is 12.5. The number of fused-ring (bicyclic) bond motifs is 2. The molecule has 0 aliphatic carbocycles. The molecule has 2 heterocycles. The average molecular weight is 601 g/mol. The van der Waals surface area contributed by atoms with Gasteiger partial charge in [-0.25, -0.2) is 0 Å². The maximum atomic E-state index is 6.56. The monoisotopic (exact) mass is 600 g/mol. The summed E-state index contributed by atoms with van der Waals surface area (Å²) in [5, 5.41) is 9.48. The van der Waals surface area contributed by atoms with Gasteiger partial charge in [-0.15, -0.1) is 0 Å². The SMILES string of the molecule is Cc1ccc(-c2cc(-c3cc4ccccc4o3)c3ccc4c(-c5ccccc5)cc(-c5cc6ccccc6o5)c5ccc2c3c45)cc1. The Balaban J connectivity index is 1.38. The fourth-order valence-corrected chi connectivity index (χ4v) is 7.46. The van der Waals surface area contributed by atoms with Crippen molar-refractivity contribution in [2.75, 3.05) is 0 Å². The third kappa shape index (κ3) is 3.98. The van der Waals surface area contributed by atoms with Gasteiger partial charge in [-0.1, -0.05) is 121 Å². The predicted molar refractivity (Wildman–Crippen MR) is 196 cm³/mol. The van der Waals surface area contributed by atoms with Gasteiger partial charge < -0.3 is 8.83 Å². The first-order chi connectivity index (χ1) is 23.2. The summed E-state index contributed by atoms with van der Waals surface area (Å²) in [5.74, 6) is 1.75. The number of hydrogen-bond acceptors (Lipinski definition) is 2. The van der Waals surface area contributed by atoms with Gasteiger partial charge in [-0.3, -0.25) is 0 Å². The minimum Gasteiger partial charge on any atom is -0.456 e. The number of aryl methyl sites for hydroxylation is 1. The van der Waals surface area contributed by atoms with Crippen LogP contribution in [0.25, 0.3) is 99.2 Å². The Morgan fingerprint density at radius 2 is 0.787 bits per heavy atom. The summed E-state index contributed by atoms with van der Waals surface area (Å²) >= 11 is 0. The van der Waals surface area contributed by atoms with Crippen molar-refractivity contribution in [3.63, 3.8) is 0 Å². The van der Waals surface area contributed by atoms with Crippen LogP contribution in [0.3, 0.4) is 0 Å². The molecule has 2 aromatic heterocycles. The van der Waals surface area contributed by atoms with Crippen LogP contribution >= 0.6 is 0 Å². The van der Waals surface area contributed by atoms with Gasteiger partial charge in [-0.2, -0.15) is 0 Å². The normalized spacial score (nSPS) is 11.9. The molecule has 0 N–H and O–H groups in total. The van der Waals surface area contributed by atoms with Crippen LogP contribution in [-0.4, -0.2) is 0 Å². The molecule has 0 aliphatic heterocycles. The number of hydrogen-bond donors (Lipinski definition) is 0. The van der Waals surface area contributed by atoms with Gasteiger partial charge in [0.1, 0.15) is 22.7 Å². The minimum absolute atomic E-state index is 0.873. The average Bonchev–Trinajstić information content (AvgIpc) is 3.76. The molecule has 0 aliphatic rings. The Morgan fingerprint density at radius 3 is 1.28 bits per heavy atom. The summed E-state index contributed by atoms with van der Waals surface area (Å²) < 4.78 is 13.1. The van der Waals surface area contributed by atoms with Gasteiger partial charge in [0, 0.05) is 21.9 Å². The summed E-state index contributed by atoms with van der Waals surface area (Å²) in [4.78, 5) is 0. The van der Waals surface area contributed by atoms with Crippen molar-refractivity contribution in [3.05, 3.63) is 157 Å². The van der Waals surface area contributed by atoms with Crippen molar-refractivity contribution in [2.45, 2.75) is 6.92 Å². The molecule has 47 heavy (non-hydrogen) atoms. The minimum atomic E-state index is 0.873. The third-order valence-corrected chi connectivity index (χ3v) is 9.73. The van der Waals surface area contributed by atoms with Crippen LogP contribution in [0.1, 0.15) is 5.56 Å². The van der Waals surface area contributed by atoms with Crippen molar-refractivity contribution >= 4 is 54.3 Å². The first kappa shape index (κ1) is 26.1. The highest BCUT2D eigenvalue weighted by atomic mass is 16.3. The van der Waals surface area contributed by atoms with Crippen LogP contribution in [-0.2, 0) is 0 Å². The molecule has 0 unspecified atom stereocenters. The van der Waals surface area contributed by atoms with Gasteiger partial charge in [-0.05, 0) is 97.9 Å². The van der Waals surface area contributed by atoms with E-state index in [0.717, 1.165) is 44.6 Å². The molecule has 220 valence electrons. The quantitative estimate of drug-likeness (QED) is 0.188. The molecule has 2 heteroatoms. The first-order valence-electron chi connectivity index (χ1n) is 16.1.